The van der Waals surface area contributed by atoms with Gasteiger partial charge in [-0.2, -0.15) is 0 Å². The normalized spacial score (nSPS) is 9.81. The first-order valence-corrected chi connectivity index (χ1v) is 4.95. The molecule has 0 aromatic heterocycles. The Morgan fingerprint density at radius 2 is 2.06 bits per heavy atom. The van der Waals surface area contributed by atoms with Crippen LogP contribution < -0.4 is 4.74 Å². The third-order valence-electron chi connectivity index (χ3n) is 2.52. The summed E-state index contributed by atoms with van der Waals surface area (Å²) in [6.07, 6.45) is 1.55. The molecule has 16 heavy (non-hydrogen) atoms. The fourth-order valence-corrected chi connectivity index (χ4v) is 1.78. The number of benzene rings is 2. The highest BCUT2D eigenvalue weighted by molar-refractivity contribution is 5.87. The lowest BCUT2D eigenvalue weighted by molar-refractivity contribution is 0.410. The van der Waals surface area contributed by atoms with Crippen LogP contribution in [-0.4, -0.2) is 13.2 Å². The van der Waals surface area contributed by atoms with E-state index in [2.05, 4.69) is 4.99 Å². The minimum absolute atomic E-state index is 0.300. The number of rotatable bonds is 3. The van der Waals surface area contributed by atoms with Gasteiger partial charge in [0.05, 0.1) is 13.7 Å². The topological polar surface area (TPSA) is 38.7 Å². The molecule has 0 spiro atoms. The van der Waals surface area contributed by atoms with Crippen molar-refractivity contribution in [1.82, 2.24) is 0 Å². The molecule has 0 saturated heterocycles. The first-order valence-electron chi connectivity index (χ1n) is 4.95. The van der Waals surface area contributed by atoms with E-state index in [1.54, 1.807) is 13.2 Å². The van der Waals surface area contributed by atoms with Gasteiger partial charge in [-0.15, -0.1) is 0 Å². The summed E-state index contributed by atoms with van der Waals surface area (Å²) in [5, 5.41) is 2.17. The number of fused-ring (bicyclic) bond motifs is 1. The first-order chi connectivity index (χ1) is 7.86. The molecule has 80 valence electrons. The van der Waals surface area contributed by atoms with Gasteiger partial charge in [0.25, 0.3) is 0 Å². The highest BCUT2D eigenvalue weighted by atomic mass is 16.5. The third-order valence-corrected chi connectivity index (χ3v) is 2.52. The summed E-state index contributed by atoms with van der Waals surface area (Å²) in [6, 6.07) is 11.8. The molecule has 0 amide bonds. The van der Waals surface area contributed by atoms with Crippen LogP contribution in [0.15, 0.2) is 41.4 Å². The largest absolute Gasteiger partial charge is 0.496 e. The van der Waals surface area contributed by atoms with Crippen LogP contribution in [0, 0.1) is 0 Å². The van der Waals surface area contributed by atoms with E-state index in [0.717, 1.165) is 22.1 Å². The van der Waals surface area contributed by atoms with Crippen LogP contribution in [0.2, 0.25) is 0 Å². The Kier molecular flexibility index (Phi) is 2.99. The second-order valence-corrected chi connectivity index (χ2v) is 3.38. The van der Waals surface area contributed by atoms with Crippen molar-refractivity contribution < 1.29 is 9.53 Å². The molecule has 0 fully saturated rings. The first kappa shape index (κ1) is 10.4. The van der Waals surface area contributed by atoms with Gasteiger partial charge < -0.3 is 4.74 Å². The number of methoxy groups -OCH3 is 1. The molecule has 0 unspecified atom stereocenters. The van der Waals surface area contributed by atoms with Crippen molar-refractivity contribution in [3.63, 3.8) is 0 Å². The lowest BCUT2D eigenvalue weighted by atomic mass is 10.0. The van der Waals surface area contributed by atoms with Gasteiger partial charge in [-0.05, 0) is 16.8 Å². The number of hydrogen-bond acceptors (Lipinski definition) is 3. The highest BCUT2D eigenvalue weighted by Crippen LogP contribution is 2.28. The van der Waals surface area contributed by atoms with Crippen LogP contribution in [0.5, 0.6) is 5.75 Å². The SMILES string of the molecule is COc1ccc2ccccc2c1CN=C=O. The van der Waals surface area contributed by atoms with Gasteiger partial charge in [-0.25, -0.2) is 9.79 Å². The molecule has 3 heteroatoms. The third kappa shape index (κ3) is 1.81. The summed E-state index contributed by atoms with van der Waals surface area (Å²) < 4.78 is 5.26. The maximum absolute atomic E-state index is 10.2. The Morgan fingerprint density at radius 3 is 2.81 bits per heavy atom. The molecule has 0 N–H and O–H groups in total. The van der Waals surface area contributed by atoms with E-state index in [1.807, 2.05) is 36.4 Å². The minimum Gasteiger partial charge on any atom is -0.496 e. The molecule has 2 rings (SSSR count). The maximum Gasteiger partial charge on any atom is 0.235 e. The average Bonchev–Trinajstić information content (AvgIpc) is 2.35. The average molecular weight is 213 g/mol. The summed E-state index contributed by atoms with van der Waals surface area (Å²) in [5.41, 5.74) is 0.920. The lowest BCUT2D eigenvalue weighted by Crippen LogP contribution is -1.92. The van der Waals surface area contributed by atoms with Crippen molar-refractivity contribution in [3.8, 4) is 5.75 Å². The molecule has 0 bridgehead atoms. The zero-order valence-corrected chi connectivity index (χ0v) is 8.93. The second kappa shape index (κ2) is 4.60. The smallest absolute Gasteiger partial charge is 0.235 e. The predicted molar refractivity (Wildman–Crippen MR) is 62.3 cm³/mol. The zero-order valence-electron chi connectivity index (χ0n) is 8.93. The fraction of sp³-hybridized carbons (Fsp3) is 0.154. The van der Waals surface area contributed by atoms with Crippen LogP contribution in [0.25, 0.3) is 10.8 Å². The van der Waals surface area contributed by atoms with Gasteiger partial charge in [0, 0.05) is 5.56 Å². The molecule has 0 atom stereocenters. The van der Waals surface area contributed by atoms with Crippen LogP contribution in [0.1, 0.15) is 5.56 Å². The molecule has 0 aliphatic carbocycles. The molecule has 0 radical (unpaired) electrons. The Morgan fingerprint density at radius 1 is 1.25 bits per heavy atom. The molecular weight excluding hydrogens is 202 g/mol. The van der Waals surface area contributed by atoms with Crippen molar-refractivity contribution in [2.75, 3.05) is 7.11 Å². The van der Waals surface area contributed by atoms with Crippen molar-refractivity contribution >= 4 is 16.9 Å². The standard InChI is InChI=1S/C13H11NO2/c1-16-13-7-6-10-4-2-3-5-11(10)12(13)8-14-9-15/h2-7H,8H2,1H3. The quantitative estimate of drug-likeness (QED) is 0.580. The Labute approximate surface area is 93.4 Å². The van der Waals surface area contributed by atoms with Gasteiger partial charge in [-0.1, -0.05) is 30.3 Å². The number of nitrogens with zero attached hydrogens (tertiary/aromatic N) is 1. The van der Waals surface area contributed by atoms with E-state index in [0.29, 0.717) is 6.54 Å². The lowest BCUT2D eigenvalue weighted by Gasteiger charge is -2.09. The van der Waals surface area contributed by atoms with Crippen molar-refractivity contribution in [1.29, 1.82) is 0 Å². The molecular formula is C13H11NO2. The summed E-state index contributed by atoms with van der Waals surface area (Å²) in [5.74, 6) is 0.748. The molecule has 2 aromatic rings. The van der Waals surface area contributed by atoms with Gasteiger partial charge in [0.15, 0.2) is 0 Å². The van der Waals surface area contributed by atoms with Crippen LogP contribution in [0.3, 0.4) is 0 Å². The Balaban J connectivity index is 2.67. The summed E-state index contributed by atoms with van der Waals surface area (Å²) in [7, 11) is 1.61. The molecule has 0 saturated carbocycles. The number of carbonyl (C=O) groups excluding carboxylic acids is 1. The number of aliphatic imine (C=N–C) groups is 1. The van der Waals surface area contributed by atoms with E-state index in [-0.39, 0.29) is 0 Å². The molecule has 2 aromatic carbocycles. The maximum atomic E-state index is 10.2. The highest BCUT2D eigenvalue weighted by Gasteiger charge is 2.06. The second-order valence-electron chi connectivity index (χ2n) is 3.38. The van der Waals surface area contributed by atoms with E-state index >= 15 is 0 Å². The molecule has 0 aliphatic heterocycles. The van der Waals surface area contributed by atoms with Gasteiger partial charge >= 0.3 is 0 Å². The van der Waals surface area contributed by atoms with Gasteiger partial charge in [0.1, 0.15) is 5.75 Å². The van der Waals surface area contributed by atoms with Crippen LogP contribution >= 0.6 is 0 Å². The summed E-state index contributed by atoms with van der Waals surface area (Å²) in [6.45, 7) is 0.300. The summed E-state index contributed by atoms with van der Waals surface area (Å²) >= 11 is 0. The zero-order chi connectivity index (χ0) is 11.4. The van der Waals surface area contributed by atoms with Crippen LogP contribution in [0.4, 0.5) is 0 Å². The molecule has 0 heterocycles. The van der Waals surface area contributed by atoms with Crippen molar-refractivity contribution in [2.24, 2.45) is 4.99 Å². The number of hydrogen-bond donors (Lipinski definition) is 0. The number of ether oxygens (including phenoxy) is 1. The molecule has 3 nitrogen and oxygen atoms in total. The number of isocyanates is 1. The van der Waals surface area contributed by atoms with Crippen molar-refractivity contribution in [3.05, 3.63) is 42.0 Å². The van der Waals surface area contributed by atoms with Gasteiger partial charge in [-0.3, -0.25) is 0 Å². The Bertz CT molecular complexity index is 557. The van der Waals surface area contributed by atoms with E-state index in [4.69, 9.17) is 4.74 Å². The van der Waals surface area contributed by atoms with Crippen molar-refractivity contribution in [2.45, 2.75) is 6.54 Å². The van der Waals surface area contributed by atoms with E-state index < -0.39 is 0 Å². The Hall–Kier alpha value is -2.12. The predicted octanol–water partition coefficient (Wildman–Crippen LogP) is 2.68. The fourth-order valence-electron chi connectivity index (χ4n) is 1.78. The molecule has 0 aliphatic rings. The van der Waals surface area contributed by atoms with Crippen LogP contribution in [-0.2, 0) is 11.3 Å². The van der Waals surface area contributed by atoms with E-state index in [1.165, 1.54) is 0 Å². The monoisotopic (exact) mass is 213 g/mol. The summed E-state index contributed by atoms with van der Waals surface area (Å²) in [4.78, 5) is 13.8. The minimum atomic E-state index is 0.300. The van der Waals surface area contributed by atoms with E-state index in [9.17, 15) is 4.79 Å². The van der Waals surface area contributed by atoms with Gasteiger partial charge in [0.2, 0.25) is 6.08 Å².